The number of nitrogens with one attached hydrogen (secondary N) is 1. The fraction of sp³-hybridized carbons (Fsp3) is 0.333. The summed E-state index contributed by atoms with van der Waals surface area (Å²) in [6, 6.07) is 8.04. The topological polar surface area (TPSA) is 113 Å². The molecule has 1 aromatic carbocycles. The number of hydrogen-bond acceptors (Lipinski definition) is 3. The number of benzene rings is 1. The third-order valence-corrected chi connectivity index (χ3v) is 2.42. The van der Waals surface area contributed by atoms with Crippen molar-refractivity contribution in [1.82, 2.24) is 0 Å². The van der Waals surface area contributed by atoms with Crippen LogP contribution in [0.1, 0.15) is 6.42 Å². The minimum atomic E-state index is -1.23. The van der Waals surface area contributed by atoms with Gasteiger partial charge in [0.15, 0.2) is 0 Å². The fourth-order valence-electron chi connectivity index (χ4n) is 1.52. The largest absolute Gasteiger partial charge is 0.544 e. The Morgan fingerprint density at radius 3 is 2.56 bits per heavy atom. The number of carbonyl (C=O) groups is 2. The van der Waals surface area contributed by atoms with Crippen molar-refractivity contribution in [3.05, 3.63) is 30.3 Å². The minimum Gasteiger partial charge on any atom is -0.544 e. The van der Waals surface area contributed by atoms with Gasteiger partial charge in [0.05, 0.1) is 12.4 Å². The van der Waals surface area contributed by atoms with Gasteiger partial charge in [-0.2, -0.15) is 0 Å². The number of nitrogens with two attached hydrogens (primary N) is 1. The zero-order valence-electron chi connectivity index (χ0n) is 10.1. The summed E-state index contributed by atoms with van der Waals surface area (Å²) in [6.45, 7) is 1.15. The Kier molecular flexibility index (Phi) is 5.83. The monoisotopic (exact) mass is 252 g/mol. The molecule has 0 fully saturated rings. The molecule has 0 aliphatic heterocycles. The Morgan fingerprint density at radius 2 is 2.00 bits per heavy atom. The molecule has 0 heterocycles. The highest BCUT2D eigenvalue weighted by atomic mass is 16.4. The van der Waals surface area contributed by atoms with E-state index in [-0.39, 0.29) is 12.3 Å². The molecular weight excluding hydrogens is 234 g/mol. The Balaban J connectivity index is 2.48. The van der Waals surface area contributed by atoms with E-state index in [2.05, 4.69) is 11.1 Å². The van der Waals surface area contributed by atoms with E-state index in [1.165, 1.54) is 0 Å². The molecule has 6 N–H and O–H groups in total. The van der Waals surface area contributed by atoms with Gasteiger partial charge in [-0.25, -0.2) is 0 Å². The Morgan fingerprint density at radius 1 is 1.33 bits per heavy atom. The predicted molar refractivity (Wildman–Crippen MR) is 63.0 cm³/mol. The molecule has 6 heteroatoms. The highest BCUT2D eigenvalue weighted by Gasteiger charge is 2.17. The summed E-state index contributed by atoms with van der Waals surface area (Å²) < 4.78 is 0. The third kappa shape index (κ3) is 4.94. The number of rotatable bonds is 7. The number of quaternary nitrogens is 2. The predicted octanol–water partition coefficient (Wildman–Crippen LogP) is -3.06. The van der Waals surface area contributed by atoms with Crippen molar-refractivity contribution in [3.8, 4) is 0 Å². The van der Waals surface area contributed by atoms with Gasteiger partial charge in [0.25, 0.3) is 0 Å². The van der Waals surface area contributed by atoms with Crippen molar-refractivity contribution in [1.29, 1.82) is 0 Å². The van der Waals surface area contributed by atoms with Gasteiger partial charge < -0.3 is 26.3 Å². The molecule has 6 nitrogen and oxygen atoms in total. The Hall–Kier alpha value is -1.92. The number of carboxylic acids is 1. The van der Waals surface area contributed by atoms with Crippen molar-refractivity contribution in [2.75, 3.05) is 18.4 Å². The molecule has 18 heavy (non-hydrogen) atoms. The lowest BCUT2D eigenvalue weighted by atomic mass is 10.2. The average Bonchev–Trinajstić information content (AvgIpc) is 2.35. The summed E-state index contributed by atoms with van der Waals surface area (Å²) in [4.78, 5) is 22.5. The Labute approximate surface area is 105 Å². The van der Waals surface area contributed by atoms with E-state index in [0.717, 1.165) is 0 Å². The van der Waals surface area contributed by atoms with E-state index in [4.69, 9.17) is 0 Å². The number of hydrogen-bond donors (Lipinski definition) is 3. The van der Waals surface area contributed by atoms with Crippen molar-refractivity contribution in [2.45, 2.75) is 12.5 Å². The van der Waals surface area contributed by atoms with Crippen LogP contribution in [0.2, 0.25) is 0 Å². The van der Waals surface area contributed by atoms with Crippen LogP contribution in [-0.2, 0) is 9.59 Å². The van der Waals surface area contributed by atoms with Gasteiger partial charge in [-0.1, -0.05) is 18.2 Å². The second-order valence-electron chi connectivity index (χ2n) is 3.92. The fourth-order valence-corrected chi connectivity index (χ4v) is 1.52. The maximum Gasteiger partial charge on any atom is 0.230 e. The summed E-state index contributed by atoms with van der Waals surface area (Å²) in [5, 5.41) is 15.1. The van der Waals surface area contributed by atoms with Gasteiger partial charge in [0, 0.05) is 5.69 Å². The van der Waals surface area contributed by atoms with E-state index in [0.29, 0.717) is 18.8 Å². The molecular formula is C12H18N3O3+. The summed E-state index contributed by atoms with van der Waals surface area (Å²) in [5.41, 5.74) is 4.27. The van der Waals surface area contributed by atoms with E-state index < -0.39 is 12.0 Å². The quantitative estimate of drug-likeness (QED) is 0.478. The highest BCUT2D eigenvalue weighted by Crippen LogP contribution is 2.05. The normalized spacial score (nSPS) is 11.8. The van der Waals surface area contributed by atoms with Crippen LogP contribution in [0.5, 0.6) is 0 Å². The molecule has 0 aromatic heterocycles. The number of aliphatic carboxylic acids is 1. The van der Waals surface area contributed by atoms with Crippen molar-refractivity contribution in [3.63, 3.8) is 0 Å². The van der Waals surface area contributed by atoms with E-state index in [1.54, 1.807) is 29.6 Å². The van der Waals surface area contributed by atoms with Crippen LogP contribution >= 0.6 is 0 Å². The van der Waals surface area contributed by atoms with Crippen LogP contribution in [0, 0.1) is 0 Å². The summed E-state index contributed by atoms with van der Waals surface area (Å²) in [5.74, 6) is -1.57. The van der Waals surface area contributed by atoms with E-state index in [9.17, 15) is 14.7 Å². The number of amides is 1. The molecule has 98 valence electrons. The molecule has 0 aliphatic rings. The van der Waals surface area contributed by atoms with Gasteiger partial charge in [-0.3, -0.25) is 4.79 Å². The summed E-state index contributed by atoms with van der Waals surface area (Å²) in [7, 11) is 0. The second kappa shape index (κ2) is 7.41. The molecule has 0 radical (unpaired) electrons. The van der Waals surface area contributed by atoms with Crippen molar-refractivity contribution in [2.24, 2.45) is 0 Å². The first-order valence-electron chi connectivity index (χ1n) is 5.82. The molecule has 0 saturated heterocycles. The van der Waals surface area contributed by atoms with Gasteiger partial charge >= 0.3 is 0 Å². The van der Waals surface area contributed by atoms with Crippen LogP contribution in [0.4, 0.5) is 5.69 Å². The molecule has 1 amide bonds. The smallest absolute Gasteiger partial charge is 0.230 e. The zero-order valence-corrected chi connectivity index (χ0v) is 10.1. The van der Waals surface area contributed by atoms with Crippen LogP contribution < -0.4 is 21.5 Å². The number of anilines is 1. The lowest BCUT2D eigenvalue weighted by Crippen LogP contribution is -2.95. The van der Waals surface area contributed by atoms with Crippen molar-refractivity contribution >= 4 is 17.6 Å². The van der Waals surface area contributed by atoms with E-state index >= 15 is 0 Å². The molecule has 1 atom stereocenters. The van der Waals surface area contributed by atoms with Crippen LogP contribution in [0.25, 0.3) is 0 Å². The molecule has 1 aromatic rings. The van der Waals surface area contributed by atoms with Gasteiger partial charge in [0.1, 0.15) is 19.1 Å². The SMILES string of the molecule is [NH3+]CC[NH2+][C@@H](CC(=O)Nc1ccccc1)C(=O)[O-]. The van der Waals surface area contributed by atoms with Crippen LogP contribution in [0.15, 0.2) is 30.3 Å². The number of carbonyl (C=O) groups excluding carboxylic acids is 2. The number of carboxylic acid groups (broad SMARTS) is 1. The second-order valence-corrected chi connectivity index (χ2v) is 3.92. The molecule has 1 rings (SSSR count). The highest BCUT2D eigenvalue weighted by molar-refractivity contribution is 5.93. The maximum absolute atomic E-state index is 11.7. The number of para-hydroxylation sites is 1. The minimum absolute atomic E-state index is 0.114. The van der Waals surface area contributed by atoms with Gasteiger partial charge in [0.2, 0.25) is 5.91 Å². The van der Waals surface area contributed by atoms with E-state index in [1.807, 2.05) is 6.07 Å². The standard InChI is InChI=1S/C12H17N3O3/c13-6-7-14-10(12(17)18)8-11(16)15-9-4-2-1-3-5-9/h1-5,10,14H,6-8,13H2,(H,15,16)(H,17,18)/p+1/t10-/m0/s1. The summed E-state index contributed by atoms with van der Waals surface area (Å²) >= 11 is 0. The van der Waals surface area contributed by atoms with Gasteiger partial charge in [-0.15, -0.1) is 0 Å². The molecule has 0 aliphatic carbocycles. The molecule has 0 unspecified atom stereocenters. The first kappa shape index (κ1) is 14.1. The molecule has 0 bridgehead atoms. The van der Waals surface area contributed by atoms with Gasteiger partial charge in [-0.05, 0) is 12.1 Å². The molecule has 0 saturated carbocycles. The first-order valence-corrected chi connectivity index (χ1v) is 5.82. The maximum atomic E-state index is 11.7. The molecule has 0 spiro atoms. The summed E-state index contributed by atoms with van der Waals surface area (Å²) in [6.07, 6.45) is -0.114. The lowest BCUT2D eigenvalue weighted by Gasteiger charge is -2.15. The zero-order chi connectivity index (χ0) is 13.4. The Bertz CT molecular complexity index is 395. The van der Waals surface area contributed by atoms with Crippen LogP contribution in [0.3, 0.4) is 0 Å². The first-order chi connectivity index (χ1) is 8.63. The third-order valence-electron chi connectivity index (χ3n) is 2.42. The average molecular weight is 252 g/mol. The lowest BCUT2D eigenvalue weighted by molar-refractivity contribution is -0.695. The van der Waals surface area contributed by atoms with Crippen LogP contribution in [-0.4, -0.2) is 31.0 Å². The van der Waals surface area contributed by atoms with Crippen molar-refractivity contribution < 1.29 is 25.7 Å².